The minimum Gasteiger partial charge on any atom is -0.394 e. The first kappa shape index (κ1) is 65.2. The number of aliphatic hydroxyl groups excluding tert-OH is 6. The first-order valence-corrected chi connectivity index (χ1v) is 29.8. The maximum atomic E-state index is 13.0. The zero-order chi connectivity index (χ0) is 49.6. The number of nitrogens with one attached hydrogen (secondary N) is 1. The average molecular weight is 971 g/mol. The summed E-state index contributed by atoms with van der Waals surface area (Å²) in [6.45, 7) is 3.62. The van der Waals surface area contributed by atoms with Crippen molar-refractivity contribution in [1.29, 1.82) is 0 Å². The molecule has 0 aromatic carbocycles. The number of carbonyl (C=O) groups is 1. The summed E-state index contributed by atoms with van der Waals surface area (Å²) in [7, 11) is 0. The smallest absolute Gasteiger partial charge is 0.220 e. The lowest BCUT2D eigenvalue weighted by Crippen LogP contribution is -2.60. The van der Waals surface area contributed by atoms with E-state index in [1.165, 1.54) is 231 Å². The van der Waals surface area contributed by atoms with Crippen molar-refractivity contribution in [2.24, 2.45) is 0 Å². The number of amides is 1. The van der Waals surface area contributed by atoms with Crippen LogP contribution < -0.4 is 5.32 Å². The largest absolute Gasteiger partial charge is 0.394 e. The van der Waals surface area contributed by atoms with Crippen LogP contribution in [0.2, 0.25) is 0 Å². The van der Waals surface area contributed by atoms with Crippen LogP contribution in [0.3, 0.4) is 0 Å². The molecule has 10 heteroatoms. The second kappa shape index (κ2) is 48.4. The Morgan fingerprint density at radius 2 is 0.765 bits per heavy atom. The summed E-state index contributed by atoms with van der Waals surface area (Å²) in [5.41, 5.74) is 0. The van der Waals surface area contributed by atoms with E-state index in [1.807, 2.05) is 0 Å². The first-order valence-electron chi connectivity index (χ1n) is 29.8. The van der Waals surface area contributed by atoms with Gasteiger partial charge in [-0.2, -0.15) is 0 Å². The molecule has 406 valence electrons. The van der Waals surface area contributed by atoms with Crippen LogP contribution in [-0.2, 0) is 14.3 Å². The molecule has 1 heterocycles. The third-order valence-corrected chi connectivity index (χ3v) is 14.8. The van der Waals surface area contributed by atoms with Crippen molar-refractivity contribution in [3.8, 4) is 0 Å². The van der Waals surface area contributed by atoms with Gasteiger partial charge in [0.2, 0.25) is 5.91 Å². The highest BCUT2D eigenvalue weighted by Gasteiger charge is 2.44. The van der Waals surface area contributed by atoms with Gasteiger partial charge in [-0.15, -0.1) is 0 Å². The van der Waals surface area contributed by atoms with Crippen molar-refractivity contribution in [3.05, 3.63) is 0 Å². The maximum Gasteiger partial charge on any atom is 0.220 e. The fourth-order valence-electron chi connectivity index (χ4n) is 10.0. The van der Waals surface area contributed by atoms with Gasteiger partial charge in [-0.3, -0.25) is 4.79 Å². The van der Waals surface area contributed by atoms with Crippen molar-refractivity contribution in [2.75, 3.05) is 13.2 Å². The van der Waals surface area contributed by atoms with E-state index in [2.05, 4.69) is 19.2 Å². The zero-order valence-electron chi connectivity index (χ0n) is 44.8. The second-order valence-corrected chi connectivity index (χ2v) is 21.3. The van der Waals surface area contributed by atoms with Crippen LogP contribution in [0.25, 0.3) is 0 Å². The Bertz CT molecular complexity index is 1050. The van der Waals surface area contributed by atoms with E-state index in [9.17, 15) is 35.4 Å². The molecular formula is C58H115NO9. The van der Waals surface area contributed by atoms with Gasteiger partial charge < -0.3 is 45.4 Å². The van der Waals surface area contributed by atoms with E-state index < -0.39 is 55.6 Å². The number of carbonyl (C=O) groups excluding carboxylic acids is 1. The molecule has 1 saturated heterocycles. The lowest BCUT2D eigenvalue weighted by atomic mass is 9.98. The van der Waals surface area contributed by atoms with Crippen molar-refractivity contribution in [1.82, 2.24) is 5.32 Å². The normalized spacial score (nSPS) is 19.9. The molecule has 1 rings (SSSR count). The predicted octanol–water partition coefficient (Wildman–Crippen LogP) is 13.6. The Hall–Kier alpha value is -0.850. The van der Waals surface area contributed by atoms with Gasteiger partial charge in [0.25, 0.3) is 0 Å². The molecule has 10 nitrogen and oxygen atoms in total. The molecule has 0 radical (unpaired) electrons. The highest BCUT2D eigenvalue weighted by molar-refractivity contribution is 5.76. The van der Waals surface area contributed by atoms with Crippen LogP contribution in [-0.4, -0.2) is 98.7 Å². The van der Waals surface area contributed by atoms with Crippen LogP contribution in [0.1, 0.15) is 303 Å². The molecule has 0 bridgehead atoms. The lowest BCUT2D eigenvalue weighted by Gasteiger charge is -2.40. The Morgan fingerprint density at radius 3 is 1.09 bits per heavy atom. The van der Waals surface area contributed by atoms with E-state index in [0.29, 0.717) is 6.42 Å². The van der Waals surface area contributed by atoms with E-state index in [1.54, 1.807) is 0 Å². The van der Waals surface area contributed by atoms with Crippen LogP contribution in [0.15, 0.2) is 0 Å². The van der Waals surface area contributed by atoms with E-state index in [4.69, 9.17) is 9.47 Å². The SMILES string of the molecule is CCCCCCCCCCCCCCCCCCCCCCCCCCCCCCCCCCCCC(=O)N[C@@H](CO[C@@H]1O[C@H](CO)[C@@H](O)C(O)C1O)[C@H](O)[C@H](O)CCCCCCCCCCC. The fraction of sp³-hybridized carbons (Fsp3) is 0.983. The van der Waals surface area contributed by atoms with Crippen LogP contribution in [0, 0.1) is 0 Å². The molecule has 7 N–H and O–H groups in total. The number of rotatable bonds is 52. The molecule has 1 amide bonds. The second-order valence-electron chi connectivity index (χ2n) is 21.3. The van der Waals surface area contributed by atoms with E-state index in [0.717, 1.165) is 44.9 Å². The van der Waals surface area contributed by atoms with Gasteiger partial charge in [0.1, 0.15) is 30.5 Å². The van der Waals surface area contributed by atoms with Crippen molar-refractivity contribution < 1.29 is 44.9 Å². The number of ether oxygens (including phenoxy) is 2. The summed E-state index contributed by atoms with van der Waals surface area (Å²) in [5.74, 6) is -0.252. The van der Waals surface area contributed by atoms with Gasteiger partial charge in [0.15, 0.2) is 6.29 Å². The topological polar surface area (TPSA) is 169 Å². The Kier molecular flexibility index (Phi) is 46.4. The van der Waals surface area contributed by atoms with Crippen LogP contribution >= 0.6 is 0 Å². The molecule has 1 aliphatic rings. The Balaban J connectivity index is 2.06. The molecule has 0 spiro atoms. The van der Waals surface area contributed by atoms with Crippen LogP contribution in [0.4, 0.5) is 0 Å². The summed E-state index contributed by atoms with van der Waals surface area (Å²) in [5, 5.41) is 65.2. The average Bonchev–Trinajstić information content (AvgIpc) is 3.34. The molecule has 1 aliphatic heterocycles. The minimum absolute atomic E-state index is 0.252. The van der Waals surface area contributed by atoms with Gasteiger partial charge in [0, 0.05) is 6.42 Å². The molecule has 0 aromatic rings. The molecule has 0 aliphatic carbocycles. The van der Waals surface area contributed by atoms with Gasteiger partial charge in [-0.05, 0) is 12.8 Å². The summed E-state index contributed by atoms with van der Waals surface area (Å²) in [4.78, 5) is 13.0. The lowest BCUT2D eigenvalue weighted by molar-refractivity contribution is -0.303. The number of aliphatic hydroxyl groups is 6. The van der Waals surface area contributed by atoms with Gasteiger partial charge in [-0.1, -0.05) is 284 Å². The van der Waals surface area contributed by atoms with Crippen molar-refractivity contribution in [3.63, 3.8) is 0 Å². The molecule has 1 fully saturated rings. The quantitative estimate of drug-likeness (QED) is 0.0293. The molecule has 0 saturated carbocycles. The predicted molar refractivity (Wildman–Crippen MR) is 283 cm³/mol. The molecular weight excluding hydrogens is 855 g/mol. The summed E-state index contributed by atoms with van der Waals surface area (Å²) in [6.07, 6.45) is 47.5. The maximum absolute atomic E-state index is 13.0. The number of hydrogen-bond acceptors (Lipinski definition) is 9. The first-order chi connectivity index (χ1) is 33.3. The highest BCUT2D eigenvalue weighted by Crippen LogP contribution is 2.24. The number of hydrogen-bond donors (Lipinski definition) is 7. The van der Waals surface area contributed by atoms with Gasteiger partial charge in [0.05, 0.1) is 25.4 Å². The third-order valence-electron chi connectivity index (χ3n) is 14.8. The minimum atomic E-state index is -1.60. The van der Waals surface area contributed by atoms with Crippen LogP contribution in [0.5, 0.6) is 0 Å². The Morgan fingerprint density at radius 1 is 0.456 bits per heavy atom. The van der Waals surface area contributed by atoms with Gasteiger partial charge in [-0.25, -0.2) is 0 Å². The molecule has 8 atom stereocenters. The molecule has 2 unspecified atom stereocenters. The molecule has 68 heavy (non-hydrogen) atoms. The van der Waals surface area contributed by atoms with Crippen molar-refractivity contribution >= 4 is 5.91 Å². The standard InChI is InChI=1S/C58H115NO9/c1-3-5-7-9-11-13-14-15-16-17-18-19-20-21-22-23-24-25-26-27-28-29-30-31-32-33-34-35-36-37-39-41-43-45-47-53(62)59-50(49-67-58-57(66)56(65)55(64)52(48-60)68-58)54(63)51(61)46-44-42-40-38-12-10-8-6-4-2/h50-52,54-58,60-61,63-66H,3-49H2,1-2H3,(H,59,62)/t50-,51+,52+,54-,55+,56?,57?,58+/m0/s1. The van der Waals surface area contributed by atoms with E-state index in [-0.39, 0.29) is 18.9 Å². The van der Waals surface area contributed by atoms with E-state index >= 15 is 0 Å². The third kappa shape index (κ3) is 37.0. The summed E-state index contributed by atoms with van der Waals surface area (Å²) in [6, 6.07) is -0.985. The summed E-state index contributed by atoms with van der Waals surface area (Å²) >= 11 is 0. The zero-order valence-corrected chi connectivity index (χ0v) is 44.8. The Labute approximate surface area is 419 Å². The highest BCUT2D eigenvalue weighted by atomic mass is 16.7. The monoisotopic (exact) mass is 970 g/mol. The number of unbranched alkanes of at least 4 members (excludes halogenated alkanes) is 41. The van der Waals surface area contributed by atoms with Gasteiger partial charge >= 0.3 is 0 Å². The fourth-order valence-corrected chi connectivity index (χ4v) is 10.0. The summed E-state index contributed by atoms with van der Waals surface area (Å²) < 4.78 is 11.2. The van der Waals surface area contributed by atoms with Crippen molar-refractivity contribution in [2.45, 2.75) is 352 Å². The molecule has 0 aromatic heterocycles.